The fraction of sp³-hybridized carbons (Fsp3) is 0. The molecule has 9 aromatic rings. The van der Waals surface area contributed by atoms with Gasteiger partial charge in [-0.15, -0.1) is 0 Å². The fourth-order valence-electron chi connectivity index (χ4n) is 7.24. The minimum absolute atomic E-state index is 0.356. The Labute approximate surface area is 277 Å². The number of hydrogen-bond donors (Lipinski definition) is 0. The van der Waals surface area contributed by atoms with Gasteiger partial charge in [0.05, 0.1) is 38.9 Å². The van der Waals surface area contributed by atoms with E-state index in [0.29, 0.717) is 11.1 Å². The lowest BCUT2D eigenvalue weighted by Gasteiger charge is -2.16. The van der Waals surface area contributed by atoms with E-state index >= 15 is 0 Å². The summed E-state index contributed by atoms with van der Waals surface area (Å²) in [7, 11) is 0. The van der Waals surface area contributed by atoms with Crippen LogP contribution >= 0.6 is 0 Å². The third kappa shape index (κ3) is 4.14. The number of para-hydroxylation sites is 4. The number of nitriles is 2. The Kier molecular flexibility index (Phi) is 6.22. The average Bonchev–Trinajstić information content (AvgIpc) is 3.67. The molecule has 0 N–H and O–H groups in total. The molecule has 0 radical (unpaired) electrons. The number of hydrogen-bond acceptors (Lipinski definition) is 2. The van der Waals surface area contributed by atoms with E-state index in [1.807, 2.05) is 24.3 Å². The largest absolute Gasteiger partial charge is 0.309 e. The van der Waals surface area contributed by atoms with Crippen LogP contribution in [-0.4, -0.2) is 9.13 Å². The zero-order valence-electron chi connectivity index (χ0n) is 25.8. The summed E-state index contributed by atoms with van der Waals surface area (Å²) in [5, 5.41) is 24.8. The first-order valence-electron chi connectivity index (χ1n) is 15.9. The van der Waals surface area contributed by atoms with E-state index in [1.165, 1.54) is 21.8 Å². The van der Waals surface area contributed by atoms with Crippen molar-refractivity contribution in [3.63, 3.8) is 0 Å². The molecule has 48 heavy (non-hydrogen) atoms. The third-order valence-corrected chi connectivity index (χ3v) is 9.41. The highest BCUT2D eigenvalue weighted by molar-refractivity contribution is 6.10. The molecule has 222 valence electrons. The van der Waals surface area contributed by atoms with Crippen molar-refractivity contribution in [2.24, 2.45) is 0 Å². The van der Waals surface area contributed by atoms with Crippen molar-refractivity contribution in [2.75, 3.05) is 0 Å². The van der Waals surface area contributed by atoms with Gasteiger partial charge in [0, 0.05) is 32.8 Å². The van der Waals surface area contributed by atoms with Gasteiger partial charge in [-0.25, -0.2) is 0 Å². The molecule has 0 aliphatic heterocycles. The molecule has 2 aromatic heterocycles. The second-order valence-electron chi connectivity index (χ2n) is 12.0. The highest BCUT2D eigenvalue weighted by Gasteiger charge is 2.19. The number of fused-ring (bicyclic) bond motifs is 6. The summed E-state index contributed by atoms with van der Waals surface area (Å²) < 4.78 is 4.54. The van der Waals surface area contributed by atoms with E-state index in [0.717, 1.165) is 55.4 Å². The maximum atomic E-state index is 10.0. The van der Waals surface area contributed by atoms with E-state index in [2.05, 4.69) is 155 Å². The van der Waals surface area contributed by atoms with Crippen LogP contribution in [0.3, 0.4) is 0 Å². The maximum absolute atomic E-state index is 10.0. The van der Waals surface area contributed by atoms with E-state index in [1.54, 1.807) is 0 Å². The molecule has 0 amide bonds. The van der Waals surface area contributed by atoms with Crippen LogP contribution in [-0.2, 0) is 0 Å². The monoisotopic (exact) mass is 610 g/mol. The van der Waals surface area contributed by atoms with E-state index in [-0.39, 0.29) is 0 Å². The first-order chi connectivity index (χ1) is 23.7. The van der Waals surface area contributed by atoms with Crippen molar-refractivity contribution in [1.29, 1.82) is 10.5 Å². The summed E-state index contributed by atoms with van der Waals surface area (Å²) in [6.07, 6.45) is 0. The minimum atomic E-state index is 0.356. The number of rotatable bonds is 4. The van der Waals surface area contributed by atoms with E-state index < -0.39 is 0 Å². The Morgan fingerprint density at radius 2 is 0.833 bits per heavy atom. The third-order valence-electron chi connectivity index (χ3n) is 9.41. The van der Waals surface area contributed by atoms with Crippen LogP contribution in [0.2, 0.25) is 0 Å². The number of aromatic nitrogens is 2. The molecule has 0 saturated carbocycles. The molecule has 0 bridgehead atoms. The minimum Gasteiger partial charge on any atom is -0.309 e. The van der Waals surface area contributed by atoms with Crippen molar-refractivity contribution in [3.8, 4) is 45.8 Å². The van der Waals surface area contributed by atoms with Crippen molar-refractivity contribution < 1.29 is 0 Å². The lowest BCUT2D eigenvalue weighted by atomic mass is 9.94. The molecule has 7 aromatic carbocycles. The normalized spacial score (nSPS) is 11.3. The van der Waals surface area contributed by atoms with Gasteiger partial charge in [0.1, 0.15) is 12.1 Å². The van der Waals surface area contributed by atoms with Gasteiger partial charge in [-0.3, -0.25) is 0 Å². The Morgan fingerprint density at radius 1 is 0.375 bits per heavy atom. The van der Waals surface area contributed by atoms with Crippen LogP contribution in [0.25, 0.3) is 77.2 Å². The van der Waals surface area contributed by atoms with Crippen LogP contribution in [0.5, 0.6) is 0 Å². The molecule has 2 heterocycles. The molecular formula is C44H26N4. The predicted molar refractivity (Wildman–Crippen MR) is 195 cm³/mol. The second-order valence-corrected chi connectivity index (χ2v) is 12.0. The quantitative estimate of drug-likeness (QED) is 0.199. The zero-order chi connectivity index (χ0) is 32.2. The maximum Gasteiger partial charge on any atom is 0.101 e. The first kappa shape index (κ1) is 27.4. The molecule has 4 nitrogen and oxygen atoms in total. The Balaban J connectivity index is 1.20. The highest BCUT2D eigenvalue weighted by Crippen LogP contribution is 2.39. The van der Waals surface area contributed by atoms with Gasteiger partial charge in [0.2, 0.25) is 0 Å². The predicted octanol–water partition coefficient (Wildman–Crippen LogP) is 11.0. The molecule has 0 saturated heterocycles. The van der Waals surface area contributed by atoms with Crippen LogP contribution in [0, 0.1) is 22.7 Å². The van der Waals surface area contributed by atoms with Crippen molar-refractivity contribution in [3.05, 3.63) is 169 Å². The summed E-state index contributed by atoms with van der Waals surface area (Å²) in [6, 6.07) is 59.1. The van der Waals surface area contributed by atoms with Gasteiger partial charge in [0.15, 0.2) is 0 Å². The van der Waals surface area contributed by atoms with Gasteiger partial charge in [-0.1, -0.05) is 103 Å². The standard InChI is InChI=1S/C44H26N4/c45-27-32-25-39(44(26-33(32)28-46)48-42-18-7-3-14-37(42)38-15-4-8-19-43(38)48)31-11-9-10-30(24-31)29-20-22-34(23-21-29)47-40-16-5-1-12-35(40)36-13-2-6-17-41(36)47/h1-26H. The van der Waals surface area contributed by atoms with Gasteiger partial charge >= 0.3 is 0 Å². The van der Waals surface area contributed by atoms with Crippen LogP contribution in [0.1, 0.15) is 11.1 Å². The lowest BCUT2D eigenvalue weighted by Crippen LogP contribution is -2.00. The summed E-state index contributed by atoms with van der Waals surface area (Å²) in [5.41, 5.74) is 11.2. The summed E-state index contributed by atoms with van der Waals surface area (Å²) >= 11 is 0. The number of nitrogens with zero attached hydrogens (tertiary/aromatic N) is 4. The molecule has 0 aliphatic carbocycles. The molecular weight excluding hydrogens is 585 g/mol. The molecule has 9 rings (SSSR count). The van der Waals surface area contributed by atoms with Crippen molar-refractivity contribution in [2.45, 2.75) is 0 Å². The van der Waals surface area contributed by atoms with Crippen molar-refractivity contribution >= 4 is 43.6 Å². The van der Waals surface area contributed by atoms with Crippen LogP contribution in [0.4, 0.5) is 0 Å². The first-order valence-corrected chi connectivity index (χ1v) is 15.9. The number of benzene rings is 7. The van der Waals surface area contributed by atoms with Gasteiger partial charge in [0.25, 0.3) is 0 Å². The van der Waals surface area contributed by atoms with Gasteiger partial charge < -0.3 is 9.13 Å². The molecule has 0 aliphatic rings. The fourth-order valence-corrected chi connectivity index (χ4v) is 7.24. The summed E-state index contributed by atoms with van der Waals surface area (Å²) in [4.78, 5) is 0. The SMILES string of the molecule is N#Cc1cc(-c2cccc(-c3ccc(-n4c5ccccc5c5ccccc54)cc3)c2)c(-n2c3ccccc3c3ccccc32)cc1C#N. The van der Waals surface area contributed by atoms with E-state index in [9.17, 15) is 10.5 Å². The summed E-state index contributed by atoms with van der Waals surface area (Å²) in [6.45, 7) is 0. The molecule has 0 atom stereocenters. The highest BCUT2D eigenvalue weighted by atomic mass is 15.0. The van der Waals surface area contributed by atoms with Crippen LogP contribution < -0.4 is 0 Å². The van der Waals surface area contributed by atoms with Gasteiger partial charge in [-0.2, -0.15) is 10.5 Å². The summed E-state index contributed by atoms with van der Waals surface area (Å²) in [5.74, 6) is 0. The van der Waals surface area contributed by atoms with Crippen LogP contribution in [0.15, 0.2) is 158 Å². The Hall–Kier alpha value is -6.88. The van der Waals surface area contributed by atoms with Gasteiger partial charge in [-0.05, 0) is 71.3 Å². The molecule has 4 heteroatoms. The molecule has 0 spiro atoms. The topological polar surface area (TPSA) is 57.4 Å². The zero-order valence-corrected chi connectivity index (χ0v) is 25.8. The molecule has 0 unspecified atom stereocenters. The Morgan fingerprint density at radius 3 is 1.35 bits per heavy atom. The second kappa shape index (κ2) is 10.9. The molecule has 0 fully saturated rings. The van der Waals surface area contributed by atoms with E-state index in [4.69, 9.17) is 0 Å². The Bertz CT molecular complexity index is 2690. The lowest BCUT2D eigenvalue weighted by molar-refractivity contribution is 1.17. The average molecular weight is 611 g/mol. The smallest absolute Gasteiger partial charge is 0.101 e. The van der Waals surface area contributed by atoms with Crippen molar-refractivity contribution in [1.82, 2.24) is 9.13 Å².